The normalized spacial score (nSPS) is 15.2. The SMILES string of the molecule is NC(=O)c1ccccc1N1CCN(c2ncc(C(F)(F)F)cc2F)CC1. The molecular formula is C17H16F4N4O. The number of primary amides is 1. The zero-order chi connectivity index (χ0) is 18.9. The lowest BCUT2D eigenvalue weighted by molar-refractivity contribution is -0.138. The predicted molar refractivity (Wildman–Crippen MR) is 88.6 cm³/mol. The Kier molecular flexibility index (Phi) is 4.71. The molecule has 26 heavy (non-hydrogen) atoms. The molecule has 0 spiro atoms. The summed E-state index contributed by atoms with van der Waals surface area (Å²) in [4.78, 5) is 18.7. The summed E-state index contributed by atoms with van der Waals surface area (Å²) in [6.07, 6.45) is -4.00. The van der Waals surface area contributed by atoms with Gasteiger partial charge in [-0.3, -0.25) is 4.79 Å². The van der Waals surface area contributed by atoms with Gasteiger partial charge in [0.15, 0.2) is 11.6 Å². The molecule has 0 radical (unpaired) electrons. The average Bonchev–Trinajstić information content (AvgIpc) is 2.61. The van der Waals surface area contributed by atoms with Gasteiger partial charge < -0.3 is 15.5 Å². The summed E-state index contributed by atoms with van der Waals surface area (Å²) < 4.78 is 51.9. The molecule has 0 aliphatic carbocycles. The van der Waals surface area contributed by atoms with Crippen molar-refractivity contribution in [2.75, 3.05) is 36.0 Å². The zero-order valence-corrected chi connectivity index (χ0v) is 13.6. The number of para-hydroxylation sites is 1. The number of aromatic nitrogens is 1. The Morgan fingerprint density at radius 1 is 1.08 bits per heavy atom. The van der Waals surface area contributed by atoms with E-state index in [0.29, 0.717) is 49.7 Å². The van der Waals surface area contributed by atoms with Gasteiger partial charge in [-0.25, -0.2) is 9.37 Å². The van der Waals surface area contributed by atoms with Crippen LogP contribution in [0.15, 0.2) is 36.5 Å². The molecule has 3 rings (SSSR count). The van der Waals surface area contributed by atoms with E-state index in [1.807, 2.05) is 4.90 Å². The minimum absolute atomic E-state index is 0.110. The van der Waals surface area contributed by atoms with Gasteiger partial charge in [0.05, 0.1) is 11.1 Å². The molecule has 2 heterocycles. The van der Waals surface area contributed by atoms with Crippen molar-refractivity contribution in [2.45, 2.75) is 6.18 Å². The fourth-order valence-corrected chi connectivity index (χ4v) is 2.94. The zero-order valence-electron chi connectivity index (χ0n) is 13.6. The molecule has 1 aromatic carbocycles. The van der Waals surface area contributed by atoms with E-state index in [1.54, 1.807) is 29.2 Å². The number of benzene rings is 1. The second-order valence-electron chi connectivity index (χ2n) is 5.88. The van der Waals surface area contributed by atoms with E-state index in [2.05, 4.69) is 4.98 Å². The largest absolute Gasteiger partial charge is 0.417 e. The van der Waals surface area contributed by atoms with E-state index in [-0.39, 0.29) is 5.82 Å². The highest BCUT2D eigenvalue weighted by molar-refractivity contribution is 5.98. The number of piperazine rings is 1. The first-order valence-corrected chi connectivity index (χ1v) is 7.89. The molecule has 1 aliphatic heterocycles. The fourth-order valence-electron chi connectivity index (χ4n) is 2.94. The molecule has 138 valence electrons. The lowest BCUT2D eigenvalue weighted by Gasteiger charge is -2.37. The van der Waals surface area contributed by atoms with Gasteiger partial charge in [-0.1, -0.05) is 12.1 Å². The number of anilines is 2. The van der Waals surface area contributed by atoms with Crippen LogP contribution in [0, 0.1) is 5.82 Å². The molecule has 2 aromatic rings. The van der Waals surface area contributed by atoms with Gasteiger partial charge >= 0.3 is 6.18 Å². The van der Waals surface area contributed by atoms with Crippen LogP contribution >= 0.6 is 0 Å². The van der Waals surface area contributed by atoms with Crippen LogP contribution in [-0.2, 0) is 6.18 Å². The number of pyridine rings is 1. The highest BCUT2D eigenvalue weighted by atomic mass is 19.4. The van der Waals surface area contributed by atoms with Crippen molar-refractivity contribution in [2.24, 2.45) is 5.73 Å². The number of carbonyl (C=O) groups is 1. The molecule has 1 aromatic heterocycles. The maximum atomic E-state index is 14.1. The Morgan fingerprint density at radius 3 is 2.27 bits per heavy atom. The maximum absolute atomic E-state index is 14.1. The second kappa shape index (κ2) is 6.81. The molecule has 1 fully saturated rings. The highest BCUT2D eigenvalue weighted by Crippen LogP contribution is 2.31. The Balaban J connectivity index is 1.74. The lowest BCUT2D eigenvalue weighted by Crippen LogP contribution is -2.47. The average molecular weight is 368 g/mol. The van der Waals surface area contributed by atoms with Gasteiger partial charge in [-0.15, -0.1) is 0 Å². The monoisotopic (exact) mass is 368 g/mol. The smallest absolute Gasteiger partial charge is 0.367 e. The fraction of sp³-hybridized carbons (Fsp3) is 0.294. The van der Waals surface area contributed by atoms with Crippen LogP contribution in [0.5, 0.6) is 0 Å². The number of rotatable bonds is 3. The van der Waals surface area contributed by atoms with Crippen molar-refractivity contribution in [3.05, 3.63) is 53.5 Å². The molecule has 2 N–H and O–H groups in total. The summed E-state index contributed by atoms with van der Waals surface area (Å²) in [7, 11) is 0. The number of carbonyl (C=O) groups excluding carboxylic acids is 1. The standard InChI is InChI=1S/C17H16F4N4O/c18-13-9-11(17(19,20)21)10-23-16(13)25-7-5-24(6-8-25)14-4-2-1-3-12(14)15(22)26/h1-4,9-10H,5-8H2,(H2,22,26). The second-order valence-corrected chi connectivity index (χ2v) is 5.88. The summed E-state index contributed by atoms with van der Waals surface area (Å²) in [5, 5.41) is 0. The Labute approximate surface area is 147 Å². The van der Waals surface area contributed by atoms with Crippen LogP contribution in [0.2, 0.25) is 0 Å². The first-order chi connectivity index (χ1) is 12.3. The van der Waals surface area contributed by atoms with Gasteiger partial charge in [0.2, 0.25) is 0 Å². The summed E-state index contributed by atoms with van der Waals surface area (Å²) >= 11 is 0. The predicted octanol–water partition coefficient (Wildman–Crippen LogP) is 2.67. The van der Waals surface area contributed by atoms with Crippen molar-refractivity contribution in [1.29, 1.82) is 0 Å². The Morgan fingerprint density at radius 2 is 1.69 bits per heavy atom. The summed E-state index contributed by atoms with van der Waals surface area (Å²) in [5.41, 5.74) is 5.33. The molecule has 0 saturated carbocycles. The molecule has 5 nitrogen and oxygen atoms in total. The van der Waals surface area contributed by atoms with Crippen LogP contribution in [0.25, 0.3) is 0 Å². The van der Waals surface area contributed by atoms with Crippen LogP contribution in [0.3, 0.4) is 0 Å². The minimum atomic E-state index is -4.64. The van der Waals surface area contributed by atoms with Crippen molar-refractivity contribution in [3.8, 4) is 0 Å². The van der Waals surface area contributed by atoms with E-state index < -0.39 is 23.5 Å². The van der Waals surface area contributed by atoms with Crippen LogP contribution < -0.4 is 15.5 Å². The first-order valence-electron chi connectivity index (χ1n) is 7.89. The van der Waals surface area contributed by atoms with Gasteiger partial charge in [0, 0.05) is 38.1 Å². The number of nitrogens with zero attached hydrogens (tertiary/aromatic N) is 3. The number of nitrogens with two attached hydrogens (primary N) is 1. The molecule has 0 bridgehead atoms. The highest BCUT2D eigenvalue weighted by Gasteiger charge is 2.32. The van der Waals surface area contributed by atoms with Crippen LogP contribution in [0.1, 0.15) is 15.9 Å². The van der Waals surface area contributed by atoms with Gasteiger partial charge in [0.25, 0.3) is 5.91 Å². The molecule has 0 unspecified atom stereocenters. The van der Waals surface area contributed by atoms with Gasteiger partial charge in [-0.2, -0.15) is 13.2 Å². The van der Waals surface area contributed by atoms with Crippen molar-refractivity contribution < 1.29 is 22.4 Å². The van der Waals surface area contributed by atoms with Crippen LogP contribution in [0.4, 0.5) is 29.1 Å². The summed E-state index contributed by atoms with van der Waals surface area (Å²) in [6, 6.07) is 7.34. The third-order valence-corrected chi connectivity index (χ3v) is 4.24. The third kappa shape index (κ3) is 3.56. The quantitative estimate of drug-likeness (QED) is 0.847. The molecular weight excluding hydrogens is 352 g/mol. The van der Waals surface area contributed by atoms with Gasteiger partial charge in [-0.05, 0) is 18.2 Å². The third-order valence-electron chi connectivity index (χ3n) is 4.24. The Bertz CT molecular complexity index is 817. The number of halogens is 4. The van der Waals surface area contributed by atoms with E-state index in [9.17, 15) is 22.4 Å². The minimum Gasteiger partial charge on any atom is -0.367 e. The number of alkyl halides is 3. The van der Waals surface area contributed by atoms with Crippen LogP contribution in [-0.4, -0.2) is 37.1 Å². The molecule has 1 aliphatic rings. The van der Waals surface area contributed by atoms with E-state index in [0.717, 1.165) is 0 Å². The van der Waals surface area contributed by atoms with Crippen molar-refractivity contribution in [1.82, 2.24) is 4.98 Å². The number of hydrogen-bond acceptors (Lipinski definition) is 4. The van der Waals surface area contributed by atoms with E-state index in [4.69, 9.17) is 5.73 Å². The van der Waals surface area contributed by atoms with E-state index >= 15 is 0 Å². The molecule has 9 heteroatoms. The Hall–Kier alpha value is -2.84. The summed E-state index contributed by atoms with van der Waals surface area (Å²) in [5.74, 6) is -1.66. The number of amides is 1. The lowest BCUT2D eigenvalue weighted by atomic mass is 10.1. The summed E-state index contributed by atoms with van der Waals surface area (Å²) in [6.45, 7) is 1.60. The first kappa shape index (κ1) is 18.0. The van der Waals surface area contributed by atoms with Gasteiger partial charge in [0.1, 0.15) is 0 Å². The number of hydrogen-bond donors (Lipinski definition) is 1. The van der Waals surface area contributed by atoms with Crippen molar-refractivity contribution in [3.63, 3.8) is 0 Å². The molecule has 1 amide bonds. The molecule has 1 saturated heterocycles. The van der Waals surface area contributed by atoms with Crippen molar-refractivity contribution >= 4 is 17.4 Å². The molecule has 0 atom stereocenters. The van der Waals surface area contributed by atoms with E-state index in [1.165, 1.54) is 0 Å². The topological polar surface area (TPSA) is 62.5 Å². The maximum Gasteiger partial charge on any atom is 0.417 e.